The van der Waals surface area contributed by atoms with E-state index in [1.165, 1.54) is 122 Å². The predicted molar refractivity (Wildman–Crippen MR) is 357 cm³/mol. The van der Waals surface area contributed by atoms with Crippen molar-refractivity contribution < 1.29 is 32.9 Å². The average Bonchev–Trinajstić information content (AvgIpc) is 3.45. The molecule has 0 aromatic heterocycles. The number of amides is 1. The normalized spacial score (nSPS) is 14.7. The maximum Gasteiger partial charge on any atom is 0.268 e. The van der Waals surface area contributed by atoms with Gasteiger partial charge in [0.05, 0.1) is 39.9 Å². The summed E-state index contributed by atoms with van der Waals surface area (Å²) in [7, 11) is 1.21. The van der Waals surface area contributed by atoms with Gasteiger partial charge in [0.25, 0.3) is 7.82 Å². The Morgan fingerprint density at radius 1 is 0.439 bits per heavy atom. The molecule has 0 saturated carbocycles. The molecular weight excluding hydrogens is 1030 g/mol. The van der Waals surface area contributed by atoms with Crippen LogP contribution in [-0.4, -0.2) is 68.5 Å². The Bertz CT molecular complexity index is 1840. The molecule has 2 N–H and O–H groups in total. The van der Waals surface area contributed by atoms with Crippen LogP contribution in [0.25, 0.3) is 0 Å². The first-order chi connectivity index (χ1) is 40.0. The van der Waals surface area contributed by atoms with E-state index in [1.807, 2.05) is 27.2 Å². The number of hydrogen-bond donors (Lipinski definition) is 2. The number of aliphatic hydroxyl groups excluding tert-OH is 1. The van der Waals surface area contributed by atoms with Crippen LogP contribution in [0.4, 0.5) is 0 Å². The van der Waals surface area contributed by atoms with Crippen molar-refractivity contribution in [2.75, 3.05) is 40.9 Å². The molecule has 0 aromatic carbocycles. The summed E-state index contributed by atoms with van der Waals surface area (Å²) in [4.78, 5) is 25.6. The van der Waals surface area contributed by atoms with Crippen LogP contribution in [0, 0.1) is 0 Å². The largest absolute Gasteiger partial charge is 0.756 e. The molecule has 0 aliphatic carbocycles. The topological polar surface area (TPSA) is 108 Å². The second-order valence-electron chi connectivity index (χ2n) is 23.1. The molecule has 0 aliphatic heterocycles. The number of nitrogens with zero attached hydrogens (tertiary/aromatic N) is 1. The fourth-order valence-electron chi connectivity index (χ4n) is 8.88. The van der Waals surface area contributed by atoms with E-state index in [9.17, 15) is 19.4 Å². The molecule has 0 fully saturated rings. The summed E-state index contributed by atoms with van der Waals surface area (Å²) in [5.74, 6) is -0.227. The van der Waals surface area contributed by atoms with E-state index in [4.69, 9.17) is 9.05 Å². The number of rotatable bonds is 59. The number of carbonyl (C=O) groups is 1. The van der Waals surface area contributed by atoms with Crippen LogP contribution in [0.3, 0.4) is 0 Å². The smallest absolute Gasteiger partial charge is 0.268 e. The van der Waals surface area contributed by atoms with Gasteiger partial charge in [-0.05, 0) is 116 Å². The number of hydrogen-bond acceptors (Lipinski definition) is 6. The van der Waals surface area contributed by atoms with Crippen LogP contribution in [0.15, 0.2) is 146 Å². The minimum atomic E-state index is -4.63. The standard InChI is InChI=1S/C73H125N2O6P/c1-6-8-10-12-14-16-18-20-22-24-26-28-30-32-33-34-35-36-37-38-39-40-41-43-45-47-49-51-53-55-57-59-61-63-65-67-73(77)74-71(70-81-82(78,79)80-69-68-75(3,4)5)72(76)66-64-62-60-58-56-54-52-50-48-46-44-42-31-29-27-25-23-21-19-17-15-13-11-9-7-2/h8,10,14,16,20,22,26,28,32-33,35-36,38-39,41,43,47-50,56,58,64,66,71-72,76H,6-7,9,11-13,15,17-19,21,23-25,27,29-31,34,37,40,42,44-46,51-55,57,59-63,65,67-70H2,1-5H3,(H-,74,77,78,79)/b10-8-,16-14-,22-20-,28-26-,33-32-,36-35-,39-38-,43-41-,49-47-,50-48+,58-56+,66-64+. The van der Waals surface area contributed by atoms with Crippen LogP contribution >= 0.6 is 7.82 Å². The molecular formula is C73H125N2O6P. The Hall–Kier alpha value is -3.62. The number of phosphoric acid groups is 1. The van der Waals surface area contributed by atoms with E-state index in [-0.39, 0.29) is 12.5 Å². The predicted octanol–water partition coefficient (Wildman–Crippen LogP) is 20.6. The molecule has 9 heteroatoms. The fraction of sp³-hybridized carbons (Fsp3) is 0.658. The van der Waals surface area contributed by atoms with Crippen molar-refractivity contribution in [1.29, 1.82) is 0 Å². The zero-order chi connectivity index (χ0) is 59.8. The monoisotopic (exact) mass is 1160 g/mol. The van der Waals surface area contributed by atoms with Gasteiger partial charge < -0.3 is 28.8 Å². The molecule has 0 rings (SSSR count). The van der Waals surface area contributed by atoms with E-state index in [0.717, 1.165) is 116 Å². The quantitative estimate of drug-likeness (QED) is 0.0272. The lowest BCUT2D eigenvalue weighted by Crippen LogP contribution is -2.45. The molecule has 0 heterocycles. The first-order valence-corrected chi connectivity index (χ1v) is 34.7. The minimum Gasteiger partial charge on any atom is -0.756 e. The molecule has 82 heavy (non-hydrogen) atoms. The first kappa shape index (κ1) is 78.4. The number of carbonyl (C=O) groups excluding carboxylic acids is 1. The number of unbranched alkanes of at least 4 members (excludes halogenated alkanes) is 24. The number of allylic oxidation sites excluding steroid dienone is 23. The highest BCUT2D eigenvalue weighted by Gasteiger charge is 2.23. The molecule has 3 atom stereocenters. The number of nitrogens with one attached hydrogen (secondary N) is 1. The molecule has 1 amide bonds. The van der Waals surface area contributed by atoms with E-state index in [2.05, 4.69) is 153 Å². The van der Waals surface area contributed by atoms with Gasteiger partial charge in [0.15, 0.2) is 0 Å². The highest BCUT2D eigenvalue weighted by Crippen LogP contribution is 2.38. The summed E-state index contributed by atoms with van der Waals surface area (Å²) >= 11 is 0. The molecule has 0 bridgehead atoms. The second kappa shape index (κ2) is 61.9. The average molecular weight is 1160 g/mol. The highest BCUT2D eigenvalue weighted by atomic mass is 31.2. The van der Waals surface area contributed by atoms with Gasteiger partial charge in [-0.3, -0.25) is 9.36 Å². The zero-order valence-electron chi connectivity index (χ0n) is 53.4. The third-order valence-corrected chi connectivity index (χ3v) is 15.0. The lowest BCUT2D eigenvalue weighted by atomic mass is 10.0. The van der Waals surface area contributed by atoms with Crippen LogP contribution in [0.5, 0.6) is 0 Å². The Kier molecular flexibility index (Phi) is 59.2. The third-order valence-electron chi connectivity index (χ3n) is 14.0. The summed E-state index contributed by atoms with van der Waals surface area (Å²) in [6, 6.07) is -0.929. The first-order valence-electron chi connectivity index (χ1n) is 33.2. The van der Waals surface area contributed by atoms with Crippen LogP contribution < -0.4 is 10.2 Å². The van der Waals surface area contributed by atoms with Crippen LogP contribution in [0.1, 0.15) is 258 Å². The summed E-state index contributed by atoms with van der Waals surface area (Å²) < 4.78 is 23.4. The lowest BCUT2D eigenvalue weighted by Gasteiger charge is -2.29. The second-order valence-corrected chi connectivity index (χ2v) is 24.5. The lowest BCUT2D eigenvalue weighted by molar-refractivity contribution is -0.870. The Balaban J connectivity index is 4.26. The van der Waals surface area contributed by atoms with Gasteiger partial charge in [-0.2, -0.15) is 0 Å². The van der Waals surface area contributed by atoms with Crippen molar-refractivity contribution in [1.82, 2.24) is 5.32 Å². The molecule has 8 nitrogen and oxygen atoms in total. The molecule has 468 valence electrons. The number of likely N-dealkylation sites (N-methyl/N-ethyl adjacent to an activating group) is 1. The summed E-state index contributed by atoms with van der Waals surface area (Å²) in [5, 5.41) is 13.9. The number of phosphoric ester groups is 1. The maximum atomic E-state index is 13.0. The Morgan fingerprint density at radius 2 is 0.756 bits per heavy atom. The van der Waals surface area contributed by atoms with Gasteiger partial charge >= 0.3 is 0 Å². The van der Waals surface area contributed by atoms with E-state index < -0.39 is 26.6 Å². The van der Waals surface area contributed by atoms with Crippen molar-refractivity contribution >= 4 is 13.7 Å². The summed E-state index contributed by atoms with van der Waals surface area (Å²) in [6.07, 6.45) is 95.2. The Labute approximate surface area is 506 Å². The van der Waals surface area contributed by atoms with Crippen LogP contribution in [-0.2, 0) is 18.4 Å². The van der Waals surface area contributed by atoms with Gasteiger partial charge in [0.2, 0.25) is 5.91 Å². The van der Waals surface area contributed by atoms with Crippen molar-refractivity contribution in [3.8, 4) is 0 Å². The summed E-state index contributed by atoms with van der Waals surface area (Å²) in [6.45, 7) is 4.50. The molecule has 0 aromatic rings. The SMILES string of the molecule is CC/C=C\C/C=C\C/C=C\C/C=C\C/C=C\C/C=C\C/C=C\C/C=C\C/C=C\CCCCCCCCCC(=O)NC(COP(=O)([O-])OCC[N+](C)(C)C)C(O)/C=C/CC/C=C/CC/C=C/CCCCCCCCCCCCCCCCC. The van der Waals surface area contributed by atoms with E-state index in [0.29, 0.717) is 17.4 Å². The van der Waals surface area contributed by atoms with Crippen molar-refractivity contribution in [3.63, 3.8) is 0 Å². The van der Waals surface area contributed by atoms with Gasteiger partial charge in [0.1, 0.15) is 13.2 Å². The zero-order valence-corrected chi connectivity index (χ0v) is 54.3. The highest BCUT2D eigenvalue weighted by molar-refractivity contribution is 7.45. The molecule has 0 radical (unpaired) electrons. The fourth-order valence-corrected chi connectivity index (χ4v) is 9.61. The van der Waals surface area contributed by atoms with E-state index >= 15 is 0 Å². The van der Waals surface area contributed by atoms with Crippen molar-refractivity contribution in [2.45, 2.75) is 270 Å². The molecule has 0 aliphatic rings. The van der Waals surface area contributed by atoms with Crippen molar-refractivity contribution in [2.24, 2.45) is 0 Å². The number of aliphatic hydroxyl groups is 1. The van der Waals surface area contributed by atoms with Gasteiger partial charge in [0, 0.05) is 6.42 Å². The maximum absolute atomic E-state index is 13.0. The van der Waals surface area contributed by atoms with E-state index in [1.54, 1.807) is 6.08 Å². The van der Waals surface area contributed by atoms with Crippen LogP contribution in [0.2, 0.25) is 0 Å². The van der Waals surface area contributed by atoms with Gasteiger partial charge in [-0.25, -0.2) is 0 Å². The van der Waals surface area contributed by atoms with Gasteiger partial charge in [-0.1, -0.05) is 282 Å². The summed E-state index contributed by atoms with van der Waals surface area (Å²) in [5.41, 5.74) is 0. The van der Waals surface area contributed by atoms with Gasteiger partial charge in [-0.15, -0.1) is 0 Å². The number of quaternary nitrogens is 1. The molecule has 3 unspecified atom stereocenters. The molecule has 0 spiro atoms. The molecule has 0 saturated heterocycles. The van der Waals surface area contributed by atoms with Crippen molar-refractivity contribution in [3.05, 3.63) is 146 Å². The minimum absolute atomic E-state index is 0.0191. The Morgan fingerprint density at radius 3 is 1.13 bits per heavy atom. The third kappa shape index (κ3) is 64.0.